The van der Waals surface area contributed by atoms with E-state index in [1.165, 1.54) is 18.1 Å². The Kier molecular flexibility index (Phi) is 4.99. The van der Waals surface area contributed by atoms with E-state index in [4.69, 9.17) is 20.8 Å². The summed E-state index contributed by atoms with van der Waals surface area (Å²) in [5.41, 5.74) is 0. The molecule has 6 nitrogen and oxygen atoms in total. The van der Waals surface area contributed by atoms with Crippen LogP contribution in [0.25, 0.3) is 0 Å². The fraction of sp³-hybridized carbons (Fsp3) is 0.133. The van der Waals surface area contributed by atoms with Gasteiger partial charge in [0.15, 0.2) is 0 Å². The monoisotopic (exact) mass is 348 g/mol. The lowest BCUT2D eigenvalue weighted by atomic mass is 10.3. The summed E-state index contributed by atoms with van der Waals surface area (Å²) in [5.74, 6) is 2.01. The Bertz CT molecular complexity index is 815. The highest BCUT2D eigenvalue weighted by molar-refractivity contribution is 7.98. The van der Waals surface area contributed by atoms with Crippen LogP contribution in [0.1, 0.15) is 11.5 Å². The maximum atomic E-state index is 5.91. The minimum atomic E-state index is 0.316. The first kappa shape index (κ1) is 15.6. The van der Waals surface area contributed by atoms with Gasteiger partial charge in [-0.1, -0.05) is 29.4 Å². The molecule has 3 rings (SSSR count). The molecular formula is C15H13ClN4O2S. The zero-order chi connectivity index (χ0) is 16.1. The second-order valence-corrected chi connectivity index (χ2v) is 5.67. The molecule has 118 valence electrons. The number of aromatic nitrogens is 3. The van der Waals surface area contributed by atoms with Crippen molar-refractivity contribution in [1.29, 1.82) is 0 Å². The lowest BCUT2D eigenvalue weighted by Gasteiger charge is -2.03. The molecular weight excluding hydrogens is 336 g/mol. The minimum Gasteiger partial charge on any atom is -0.486 e. The minimum absolute atomic E-state index is 0.316. The van der Waals surface area contributed by atoms with Gasteiger partial charge in [0.2, 0.25) is 5.16 Å². The second kappa shape index (κ2) is 7.34. The van der Waals surface area contributed by atoms with Gasteiger partial charge in [0.1, 0.15) is 30.2 Å². The van der Waals surface area contributed by atoms with E-state index in [1.807, 2.05) is 30.5 Å². The Morgan fingerprint density at radius 2 is 2.30 bits per heavy atom. The van der Waals surface area contributed by atoms with E-state index in [0.29, 0.717) is 34.1 Å². The molecule has 0 saturated carbocycles. The molecule has 8 heteroatoms. The van der Waals surface area contributed by atoms with Crippen molar-refractivity contribution >= 4 is 29.6 Å². The van der Waals surface area contributed by atoms with Gasteiger partial charge in [0.25, 0.3) is 0 Å². The Morgan fingerprint density at radius 1 is 1.39 bits per heavy atom. The number of nitrogens with zero attached hydrogens (tertiary/aromatic N) is 4. The molecule has 2 aromatic heterocycles. The number of halogens is 1. The number of hydrogen-bond donors (Lipinski definition) is 0. The lowest BCUT2D eigenvalue weighted by Crippen LogP contribution is -1.93. The molecule has 0 bridgehead atoms. The summed E-state index contributed by atoms with van der Waals surface area (Å²) in [6.07, 6.45) is 5.05. The third kappa shape index (κ3) is 4.14. The summed E-state index contributed by atoms with van der Waals surface area (Å²) < 4.78 is 12.8. The van der Waals surface area contributed by atoms with Gasteiger partial charge < -0.3 is 9.15 Å². The molecule has 0 atom stereocenters. The molecule has 0 aliphatic heterocycles. The molecule has 0 radical (unpaired) electrons. The number of hydrogen-bond acceptors (Lipinski definition) is 6. The van der Waals surface area contributed by atoms with Crippen LogP contribution in [0.15, 0.2) is 57.4 Å². The zero-order valence-corrected chi connectivity index (χ0v) is 13.8. The first-order valence-corrected chi connectivity index (χ1v) is 8.30. The average Bonchev–Trinajstić information content (AvgIpc) is 3.20. The summed E-state index contributed by atoms with van der Waals surface area (Å²) in [6, 6.07) is 10.9. The third-order valence-corrected chi connectivity index (χ3v) is 3.72. The van der Waals surface area contributed by atoms with Gasteiger partial charge in [-0.05, 0) is 36.6 Å². The van der Waals surface area contributed by atoms with Crippen molar-refractivity contribution in [1.82, 2.24) is 14.9 Å². The van der Waals surface area contributed by atoms with Crippen LogP contribution in [0.5, 0.6) is 5.75 Å². The molecule has 23 heavy (non-hydrogen) atoms. The number of rotatable bonds is 6. The first-order chi connectivity index (χ1) is 11.2. The van der Waals surface area contributed by atoms with E-state index in [2.05, 4.69) is 15.3 Å². The molecule has 0 N–H and O–H groups in total. The maximum Gasteiger partial charge on any atom is 0.211 e. The predicted octanol–water partition coefficient (Wildman–Crippen LogP) is 3.71. The molecule has 1 aromatic carbocycles. The second-order valence-electron chi connectivity index (χ2n) is 4.46. The van der Waals surface area contributed by atoms with Crippen LogP contribution in [0.3, 0.4) is 0 Å². The Morgan fingerprint density at radius 3 is 3.13 bits per heavy atom. The van der Waals surface area contributed by atoms with Crippen molar-refractivity contribution < 1.29 is 9.15 Å². The smallest absolute Gasteiger partial charge is 0.211 e. The molecule has 0 amide bonds. The Hall–Kier alpha value is -2.25. The van der Waals surface area contributed by atoms with Gasteiger partial charge in [-0.2, -0.15) is 9.78 Å². The van der Waals surface area contributed by atoms with Gasteiger partial charge in [0, 0.05) is 5.02 Å². The van der Waals surface area contributed by atoms with Crippen molar-refractivity contribution in [3.05, 3.63) is 59.3 Å². The molecule has 0 unspecified atom stereocenters. The van der Waals surface area contributed by atoms with Crippen LogP contribution in [-0.2, 0) is 6.61 Å². The number of thioether (sulfide) groups is 1. The first-order valence-electron chi connectivity index (χ1n) is 6.70. The van der Waals surface area contributed by atoms with E-state index in [9.17, 15) is 0 Å². The Labute approximate surface area is 142 Å². The maximum absolute atomic E-state index is 5.91. The quantitative estimate of drug-likeness (QED) is 0.502. The summed E-state index contributed by atoms with van der Waals surface area (Å²) in [4.78, 5) is 0. The number of ether oxygens (including phenoxy) is 1. The van der Waals surface area contributed by atoms with Gasteiger partial charge in [-0.25, -0.2) is 0 Å². The molecule has 0 fully saturated rings. The van der Waals surface area contributed by atoms with E-state index in [-0.39, 0.29) is 0 Å². The van der Waals surface area contributed by atoms with Crippen molar-refractivity contribution in [3.8, 4) is 5.75 Å². The lowest BCUT2D eigenvalue weighted by molar-refractivity contribution is 0.270. The van der Waals surface area contributed by atoms with Gasteiger partial charge in [-0.3, -0.25) is 0 Å². The largest absolute Gasteiger partial charge is 0.486 e. The molecule has 0 aliphatic rings. The van der Waals surface area contributed by atoms with E-state index in [1.54, 1.807) is 23.0 Å². The summed E-state index contributed by atoms with van der Waals surface area (Å²) in [6.45, 7) is 0.316. The van der Waals surface area contributed by atoms with Crippen LogP contribution >= 0.6 is 23.4 Å². The average molecular weight is 349 g/mol. The number of furan rings is 1. The van der Waals surface area contributed by atoms with Crippen molar-refractivity contribution in [3.63, 3.8) is 0 Å². The normalized spacial score (nSPS) is 11.2. The Balaban J connectivity index is 1.62. The highest BCUT2D eigenvalue weighted by Gasteiger charge is 2.03. The van der Waals surface area contributed by atoms with Crippen molar-refractivity contribution in [2.24, 2.45) is 5.10 Å². The van der Waals surface area contributed by atoms with Crippen molar-refractivity contribution in [2.45, 2.75) is 11.8 Å². The molecule has 0 aliphatic carbocycles. The van der Waals surface area contributed by atoms with Gasteiger partial charge in [-0.15, -0.1) is 10.2 Å². The third-order valence-electron chi connectivity index (χ3n) is 2.85. The molecule has 0 saturated heterocycles. The highest BCUT2D eigenvalue weighted by Crippen LogP contribution is 2.19. The molecule has 0 spiro atoms. The summed E-state index contributed by atoms with van der Waals surface area (Å²) >= 11 is 7.37. The molecule has 2 heterocycles. The summed E-state index contributed by atoms with van der Waals surface area (Å²) in [5, 5.41) is 13.3. The fourth-order valence-electron chi connectivity index (χ4n) is 1.80. The van der Waals surface area contributed by atoms with Crippen LogP contribution < -0.4 is 4.74 Å². The summed E-state index contributed by atoms with van der Waals surface area (Å²) in [7, 11) is 0. The SMILES string of the molecule is CSc1nncn1/N=C/c1ccc(COc2cccc(Cl)c2)o1. The van der Waals surface area contributed by atoms with Crippen LogP contribution in [0.4, 0.5) is 0 Å². The fourth-order valence-corrected chi connectivity index (χ4v) is 2.40. The van der Waals surface area contributed by atoms with E-state index >= 15 is 0 Å². The zero-order valence-electron chi connectivity index (χ0n) is 12.2. The van der Waals surface area contributed by atoms with Crippen LogP contribution in [-0.4, -0.2) is 27.3 Å². The standard InChI is InChI=1S/C15H13ClN4O2S/c1-23-15-19-17-10-20(15)18-8-13-5-6-14(22-13)9-21-12-4-2-3-11(16)7-12/h2-8,10H,9H2,1H3/b18-8+. The van der Waals surface area contributed by atoms with E-state index in [0.717, 1.165) is 0 Å². The highest BCUT2D eigenvalue weighted by atomic mass is 35.5. The van der Waals surface area contributed by atoms with Gasteiger partial charge in [0.05, 0.1) is 6.21 Å². The van der Waals surface area contributed by atoms with E-state index < -0.39 is 0 Å². The van der Waals surface area contributed by atoms with Crippen LogP contribution in [0.2, 0.25) is 5.02 Å². The molecule has 3 aromatic rings. The predicted molar refractivity (Wildman–Crippen MR) is 89.3 cm³/mol. The number of benzene rings is 1. The van der Waals surface area contributed by atoms with Crippen LogP contribution in [0, 0.1) is 0 Å². The van der Waals surface area contributed by atoms with Gasteiger partial charge >= 0.3 is 0 Å². The van der Waals surface area contributed by atoms with Crippen molar-refractivity contribution in [2.75, 3.05) is 6.26 Å². The topological polar surface area (TPSA) is 65.4 Å².